The minimum Gasteiger partial charge on any atom is -0.336 e. The Labute approximate surface area is 91.7 Å². The van der Waals surface area contributed by atoms with Crippen molar-refractivity contribution in [2.45, 2.75) is 27.2 Å². The molecule has 0 aliphatic carbocycles. The minimum atomic E-state index is 0.972. The van der Waals surface area contributed by atoms with Gasteiger partial charge in [0.1, 0.15) is 0 Å². The average Bonchev–Trinajstić information content (AvgIpc) is 2.64. The van der Waals surface area contributed by atoms with E-state index < -0.39 is 0 Å². The summed E-state index contributed by atoms with van der Waals surface area (Å²) in [5.41, 5.74) is 2.71. The molecule has 0 bridgehead atoms. The Morgan fingerprint density at radius 3 is 2.57 bits per heavy atom. The van der Waals surface area contributed by atoms with Crippen molar-refractivity contribution in [3.8, 4) is 0 Å². The zero-order valence-electron chi connectivity index (χ0n) is 9.08. The molecule has 0 N–H and O–H groups in total. The Morgan fingerprint density at radius 2 is 1.93 bits per heavy atom. The Kier molecular flexibility index (Phi) is 4.08. The molecule has 14 heavy (non-hydrogen) atoms. The predicted octanol–water partition coefficient (Wildman–Crippen LogP) is 3.42. The topological polar surface area (TPSA) is 3.24 Å². The van der Waals surface area contributed by atoms with E-state index in [4.69, 9.17) is 12.2 Å². The first kappa shape index (κ1) is 11.2. The van der Waals surface area contributed by atoms with E-state index in [9.17, 15) is 0 Å². The van der Waals surface area contributed by atoms with Gasteiger partial charge in [0.05, 0.1) is 4.99 Å². The summed E-state index contributed by atoms with van der Waals surface area (Å²) in [7, 11) is 0. The van der Waals surface area contributed by atoms with E-state index in [1.165, 1.54) is 11.3 Å². The lowest BCUT2D eigenvalue weighted by Gasteiger charge is -2.16. The molecule has 0 saturated heterocycles. The van der Waals surface area contributed by atoms with Gasteiger partial charge in [-0.3, -0.25) is 0 Å². The molecule has 1 aromatic carbocycles. The summed E-state index contributed by atoms with van der Waals surface area (Å²) < 4.78 is 0. The molecule has 0 amide bonds. The first-order valence-corrected chi connectivity index (χ1v) is 5.56. The van der Waals surface area contributed by atoms with Crippen molar-refractivity contribution < 1.29 is 0 Å². The third-order valence-electron chi connectivity index (χ3n) is 2.27. The first-order valence-electron chi connectivity index (χ1n) is 5.15. The number of nitrogens with zero attached hydrogens (tertiary/aromatic N) is 1. The lowest BCUT2D eigenvalue weighted by atomic mass is 10.2. The number of hydrogen-bond acceptors (Lipinski definition) is 1. The Morgan fingerprint density at radius 1 is 1.29 bits per heavy atom. The van der Waals surface area contributed by atoms with Crippen LogP contribution in [0.15, 0.2) is 24.3 Å². The van der Waals surface area contributed by atoms with Crippen LogP contribution in [0.1, 0.15) is 26.3 Å². The second-order valence-corrected chi connectivity index (χ2v) is 3.64. The van der Waals surface area contributed by atoms with E-state index in [1.807, 2.05) is 20.8 Å². The fourth-order valence-electron chi connectivity index (χ4n) is 1.67. The SMILES string of the molecule is CC.CC(=S)N1CCc2ccccc21. The Bertz CT molecular complexity index is 320. The standard InChI is InChI=1S/C10H11NS.C2H6/c1-8(12)11-7-6-9-4-2-3-5-10(9)11;1-2/h2-5H,6-7H2,1H3;1-2H3. The smallest absolute Gasteiger partial charge is 0.0792 e. The zero-order valence-corrected chi connectivity index (χ0v) is 9.90. The summed E-state index contributed by atoms with van der Waals surface area (Å²) in [6.07, 6.45) is 1.13. The number of anilines is 1. The van der Waals surface area contributed by atoms with Crippen LogP contribution in [0, 0.1) is 0 Å². The Hall–Kier alpha value is -0.890. The summed E-state index contributed by atoms with van der Waals surface area (Å²) in [6.45, 7) is 7.03. The van der Waals surface area contributed by atoms with Gasteiger partial charge in [0.25, 0.3) is 0 Å². The van der Waals surface area contributed by atoms with Crippen LogP contribution in [0.25, 0.3) is 0 Å². The normalized spacial score (nSPS) is 12.9. The van der Waals surface area contributed by atoms with Crippen LogP contribution in [0.4, 0.5) is 5.69 Å². The molecule has 2 heteroatoms. The van der Waals surface area contributed by atoms with Crippen LogP contribution in [-0.2, 0) is 6.42 Å². The maximum Gasteiger partial charge on any atom is 0.0792 e. The second-order valence-electron chi connectivity index (χ2n) is 3.05. The fourth-order valence-corrected chi connectivity index (χ4v) is 1.85. The van der Waals surface area contributed by atoms with E-state index >= 15 is 0 Å². The highest BCUT2D eigenvalue weighted by Crippen LogP contribution is 2.27. The summed E-state index contributed by atoms with van der Waals surface area (Å²) in [4.78, 5) is 3.17. The van der Waals surface area contributed by atoms with Crippen molar-refractivity contribution in [3.05, 3.63) is 29.8 Å². The molecule has 0 spiro atoms. The van der Waals surface area contributed by atoms with Crippen LogP contribution in [0.2, 0.25) is 0 Å². The molecule has 0 radical (unpaired) electrons. The molecule has 1 nitrogen and oxygen atoms in total. The van der Waals surface area contributed by atoms with Gasteiger partial charge in [0.15, 0.2) is 0 Å². The summed E-state index contributed by atoms with van der Waals surface area (Å²) in [5.74, 6) is 0. The van der Waals surface area contributed by atoms with Crippen LogP contribution in [-0.4, -0.2) is 11.5 Å². The van der Waals surface area contributed by atoms with Gasteiger partial charge in [0, 0.05) is 12.2 Å². The number of thiocarbonyl (C=S) groups is 1. The third kappa shape index (κ3) is 2.13. The lowest BCUT2D eigenvalue weighted by Crippen LogP contribution is -2.24. The molecule has 76 valence electrons. The molecular weight excluding hydrogens is 190 g/mol. The highest BCUT2D eigenvalue weighted by molar-refractivity contribution is 7.80. The molecule has 2 rings (SSSR count). The predicted molar refractivity (Wildman–Crippen MR) is 67.1 cm³/mol. The lowest BCUT2D eigenvalue weighted by molar-refractivity contribution is 1.03. The van der Waals surface area contributed by atoms with Crippen LogP contribution < -0.4 is 4.90 Å². The monoisotopic (exact) mass is 207 g/mol. The van der Waals surface area contributed by atoms with E-state index in [0.29, 0.717) is 0 Å². The molecule has 1 aliphatic heterocycles. The van der Waals surface area contributed by atoms with Gasteiger partial charge in [-0.05, 0) is 25.0 Å². The maximum atomic E-state index is 5.16. The molecule has 1 heterocycles. The molecule has 1 aliphatic rings. The van der Waals surface area contributed by atoms with Gasteiger partial charge < -0.3 is 4.90 Å². The number of fused-ring (bicyclic) bond motifs is 1. The van der Waals surface area contributed by atoms with Crippen molar-refractivity contribution in [1.29, 1.82) is 0 Å². The van der Waals surface area contributed by atoms with E-state index in [-0.39, 0.29) is 0 Å². The van der Waals surface area contributed by atoms with E-state index in [2.05, 4.69) is 29.2 Å². The van der Waals surface area contributed by atoms with Crippen LogP contribution in [0.5, 0.6) is 0 Å². The zero-order chi connectivity index (χ0) is 10.6. The van der Waals surface area contributed by atoms with Gasteiger partial charge in [-0.1, -0.05) is 44.3 Å². The fraction of sp³-hybridized carbons (Fsp3) is 0.417. The first-order chi connectivity index (χ1) is 6.79. The van der Waals surface area contributed by atoms with Crippen molar-refractivity contribution in [3.63, 3.8) is 0 Å². The molecular formula is C12H17NS. The van der Waals surface area contributed by atoms with Crippen LogP contribution >= 0.6 is 12.2 Å². The van der Waals surface area contributed by atoms with Gasteiger partial charge in [0.2, 0.25) is 0 Å². The molecule has 0 aromatic heterocycles. The summed E-state index contributed by atoms with van der Waals surface area (Å²) in [6, 6.07) is 8.46. The van der Waals surface area contributed by atoms with E-state index in [0.717, 1.165) is 18.0 Å². The second kappa shape index (κ2) is 5.11. The van der Waals surface area contributed by atoms with E-state index in [1.54, 1.807) is 0 Å². The summed E-state index contributed by atoms with van der Waals surface area (Å²) in [5, 5.41) is 0. The van der Waals surface area contributed by atoms with Gasteiger partial charge in [-0.25, -0.2) is 0 Å². The van der Waals surface area contributed by atoms with Gasteiger partial charge in [-0.15, -0.1) is 0 Å². The number of para-hydroxylation sites is 1. The maximum absolute atomic E-state index is 5.16. The third-order valence-corrected chi connectivity index (χ3v) is 2.49. The molecule has 0 fully saturated rings. The summed E-state index contributed by atoms with van der Waals surface area (Å²) >= 11 is 5.16. The van der Waals surface area contributed by atoms with Crippen molar-refractivity contribution >= 4 is 22.9 Å². The molecule has 1 aromatic rings. The average molecular weight is 207 g/mol. The van der Waals surface area contributed by atoms with Gasteiger partial charge in [-0.2, -0.15) is 0 Å². The minimum absolute atomic E-state index is 0.972. The molecule has 0 atom stereocenters. The van der Waals surface area contributed by atoms with Crippen molar-refractivity contribution in [2.24, 2.45) is 0 Å². The molecule has 0 unspecified atom stereocenters. The molecule has 0 saturated carbocycles. The highest BCUT2D eigenvalue weighted by atomic mass is 32.1. The van der Waals surface area contributed by atoms with Crippen LogP contribution in [0.3, 0.4) is 0 Å². The quantitative estimate of drug-likeness (QED) is 0.600. The largest absolute Gasteiger partial charge is 0.336 e. The number of rotatable bonds is 0. The van der Waals surface area contributed by atoms with Crippen molar-refractivity contribution in [1.82, 2.24) is 0 Å². The number of hydrogen-bond donors (Lipinski definition) is 0. The van der Waals surface area contributed by atoms with Crippen molar-refractivity contribution in [2.75, 3.05) is 11.4 Å². The van der Waals surface area contributed by atoms with Gasteiger partial charge >= 0.3 is 0 Å². The Balaban J connectivity index is 0.000000461. The number of benzene rings is 1. The highest BCUT2D eigenvalue weighted by Gasteiger charge is 2.18.